The van der Waals surface area contributed by atoms with Crippen LogP contribution >= 0.6 is 0 Å². The first-order chi connectivity index (χ1) is 7.22. The second-order valence-corrected chi connectivity index (χ2v) is 4.24. The summed E-state index contributed by atoms with van der Waals surface area (Å²) < 4.78 is 0. The molecule has 1 amide bonds. The van der Waals surface area contributed by atoms with Crippen LogP contribution in [0.15, 0.2) is 0 Å². The van der Waals surface area contributed by atoms with Gasteiger partial charge in [-0.25, -0.2) is 0 Å². The lowest BCUT2D eigenvalue weighted by Gasteiger charge is -2.13. The molecule has 4 heteroatoms. The van der Waals surface area contributed by atoms with Crippen molar-refractivity contribution in [2.24, 2.45) is 0 Å². The van der Waals surface area contributed by atoms with E-state index in [4.69, 9.17) is 0 Å². The Bertz CT molecular complexity index is 191. The van der Waals surface area contributed by atoms with Crippen LogP contribution in [0.2, 0.25) is 0 Å². The van der Waals surface area contributed by atoms with Gasteiger partial charge in [0.2, 0.25) is 5.91 Å². The van der Waals surface area contributed by atoms with Gasteiger partial charge in [0.15, 0.2) is 0 Å². The largest absolute Gasteiger partial charge is 0.392 e. The predicted molar refractivity (Wildman–Crippen MR) is 59.6 cm³/mol. The molecule has 0 heterocycles. The van der Waals surface area contributed by atoms with Crippen LogP contribution in [0.4, 0.5) is 0 Å². The summed E-state index contributed by atoms with van der Waals surface area (Å²) in [6, 6.07) is 0.385. The van der Waals surface area contributed by atoms with Gasteiger partial charge in [0.1, 0.15) is 0 Å². The topological polar surface area (TPSA) is 61.4 Å². The van der Waals surface area contributed by atoms with Gasteiger partial charge in [-0.05, 0) is 19.3 Å². The van der Waals surface area contributed by atoms with Crippen molar-refractivity contribution in [2.45, 2.75) is 51.2 Å². The summed E-state index contributed by atoms with van der Waals surface area (Å²) in [6.45, 7) is 2.73. The molecule has 88 valence electrons. The molecular weight excluding hydrogens is 192 g/mol. The third kappa shape index (κ3) is 5.14. The molecule has 0 aromatic rings. The first-order valence-electron chi connectivity index (χ1n) is 5.90. The van der Waals surface area contributed by atoms with E-state index in [1.807, 2.05) is 6.92 Å². The molecular formula is C11H22N2O2. The Kier molecular flexibility index (Phi) is 5.65. The van der Waals surface area contributed by atoms with Gasteiger partial charge in [-0.1, -0.05) is 19.8 Å². The Morgan fingerprint density at radius 2 is 2.13 bits per heavy atom. The molecule has 3 N–H and O–H groups in total. The van der Waals surface area contributed by atoms with E-state index in [2.05, 4.69) is 10.6 Å². The predicted octanol–water partition coefficient (Wildman–Crippen LogP) is 0.406. The van der Waals surface area contributed by atoms with Crippen LogP contribution in [0.3, 0.4) is 0 Å². The minimum atomic E-state index is -0.343. The fraction of sp³-hybridized carbons (Fsp3) is 0.909. The van der Waals surface area contributed by atoms with E-state index in [0.29, 0.717) is 19.1 Å². The summed E-state index contributed by atoms with van der Waals surface area (Å²) in [5, 5.41) is 15.2. The van der Waals surface area contributed by atoms with Gasteiger partial charge in [-0.15, -0.1) is 0 Å². The van der Waals surface area contributed by atoms with E-state index >= 15 is 0 Å². The first kappa shape index (κ1) is 12.5. The number of amides is 1. The monoisotopic (exact) mass is 214 g/mol. The fourth-order valence-corrected chi connectivity index (χ4v) is 1.85. The van der Waals surface area contributed by atoms with Crippen LogP contribution in [-0.2, 0) is 4.79 Å². The summed E-state index contributed by atoms with van der Waals surface area (Å²) in [4.78, 5) is 11.4. The van der Waals surface area contributed by atoms with Crippen LogP contribution in [0.25, 0.3) is 0 Å². The number of hydrogen-bond donors (Lipinski definition) is 3. The molecule has 0 saturated heterocycles. The van der Waals surface area contributed by atoms with E-state index in [9.17, 15) is 9.90 Å². The van der Waals surface area contributed by atoms with Crippen LogP contribution in [0, 0.1) is 0 Å². The highest BCUT2D eigenvalue weighted by Crippen LogP contribution is 2.17. The van der Waals surface area contributed by atoms with Crippen molar-refractivity contribution in [2.75, 3.05) is 13.1 Å². The SMILES string of the molecule is CCC(O)CNCC(=O)NC1CCCC1. The molecule has 1 aliphatic rings. The van der Waals surface area contributed by atoms with Crippen LogP contribution in [0.1, 0.15) is 39.0 Å². The van der Waals surface area contributed by atoms with Crippen LogP contribution in [-0.4, -0.2) is 36.2 Å². The quantitative estimate of drug-likeness (QED) is 0.600. The van der Waals surface area contributed by atoms with Crippen molar-refractivity contribution in [3.8, 4) is 0 Å². The summed E-state index contributed by atoms with van der Waals surface area (Å²) in [6.07, 6.45) is 5.06. The highest BCUT2D eigenvalue weighted by Gasteiger charge is 2.16. The van der Waals surface area contributed by atoms with Gasteiger partial charge >= 0.3 is 0 Å². The zero-order valence-electron chi connectivity index (χ0n) is 9.46. The van der Waals surface area contributed by atoms with Crippen molar-refractivity contribution in [1.82, 2.24) is 10.6 Å². The van der Waals surface area contributed by atoms with Gasteiger partial charge in [0.25, 0.3) is 0 Å². The molecule has 1 atom stereocenters. The number of carbonyl (C=O) groups excluding carboxylic acids is 1. The molecule has 0 radical (unpaired) electrons. The molecule has 4 nitrogen and oxygen atoms in total. The highest BCUT2D eigenvalue weighted by atomic mass is 16.3. The zero-order valence-corrected chi connectivity index (χ0v) is 9.46. The lowest BCUT2D eigenvalue weighted by atomic mass is 10.2. The van der Waals surface area contributed by atoms with Crippen molar-refractivity contribution in [3.63, 3.8) is 0 Å². The van der Waals surface area contributed by atoms with E-state index < -0.39 is 0 Å². The van der Waals surface area contributed by atoms with Crippen molar-refractivity contribution >= 4 is 5.91 Å². The zero-order chi connectivity index (χ0) is 11.1. The lowest BCUT2D eigenvalue weighted by Crippen LogP contribution is -2.40. The summed E-state index contributed by atoms with van der Waals surface area (Å²) in [5.74, 6) is 0.0465. The van der Waals surface area contributed by atoms with Gasteiger partial charge in [-0.2, -0.15) is 0 Å². The van der Waals surface area contributed by atoms with E-state index in [1.165, 1.54) is 12.8 Å². The maximum absolute atomic E-state index is 11.4. The van der Waals surface area contributed by atoms with Gasteiger partial charge in [0, 0.05) is 12.6 Å². The maximum Gasteiger partial charge on any atom is 0.234 e. The van der Waals surface area contributed by atoms with Gasteiger partial charge < -0.3 is 15.7 Å². The molecule has 0 aliphatic heterocycles. The Hall–Kier alpha value is -0.610. The number of rotatable bonds is 6. The average Bonchev–Trinajstić information content (AvgIpc) is 2.70. The molecule has 15 heavy (non-hydrogen) atoms. The summed E-state index contributed by atoms with van der Waals surface area (Å²) >= 11 is 0. The molecule has 1 rings (SSSR count). The normalized spacial score (nSPS) is 19.1. The third-order valence-electron chi connectivity index (χ3n) is 2.86. The fourth-order valence-electron chi connectivity index (χ4n) is 1.85. The first-order valence-corrected chi connectivity index (χ1v) is 5.90. The molecule has 0 aromatic heterocycles. The number of aliphatic hydroxyl groups is 1. The smallest absolute Gasteiger partial charge is 0.234 e. The molecule has 0 spiro atoms. The lowest BCUT2D eigenvalue weighted by molar-refractivity contribution is -0.120. The Labute approximate surface area is 91.4 Å². The van der Waals surface area contributed by atoms with Crippen LogP contribution < -0.4 is 10.6 Å². The number of aliphatic hydroxyl groups excluding tert-OH is 1. The molecule has 1 saturated carbocycles. The van der Waals surface area contributed by atoms with E-state index in [-0.39, 0.29) is 12.0 Å². The summed E-state index contributed by atoms with van der Waals surface area (Å²) in [7, 11) is 0. The average molecular weight is 214 g/mol. The van der Waals surface area contributed by atoms with Gasteiger partial charge in [-0.3, -0.25) is 4.79 Å². The molecule has 1 aliphatic carbocycles. The molecule has 0 aromatic carbocycles. The number of nitrogens with one attached hydrogen (secondary N) is 2. The molecule has 0 bridgehead atoms. The van der Waals surface area contributed by atoms with Crippen LogP contribution in [0.5, 0.6) is 0 Å². The molecule has 1 fully saturated rings. The second-order valence-electron chi connectivity index (χ2n) is 4.24. The minimum Gasteiger partial charge on any atom is -0.392 e. The Morgan fingerprint density at radius 1 is 1.47 bits per heavy atom. The number of carbonyl (C=O) groups is 1. The Morgan fingerprint density at radius 3 is 2.73 bits per heavy atom. The minimum absolute atomic E-state index is 0.0465. The molecule has 1 unspecified atom stereocenters. The van der Waals surface area contributed by atoms with Crippen molar-refractivity contribution in [1.29, 1.82) is 0 Å². The third-order valence-corrected chi connectivity index (χ3v) is 2.86. The van der Waals surface area contributed by atoms with Gasteiger partial charge in [0.05, 0.1) is 12.6 Å². The standard InChI is InChI=1S/C11H22N2O2/c1-2-10(14)7-12-8-11(15)13-9-5-3-4-6-9/h9-10,12,14H,2-8H2,1H3,(H,13,15). The second kappa shape index (κ2) is 6.80. The van der Waals surface area contributed by atoms with Crippen molar-refractivity contribution < 1.29 is 9.90 Å². The van der Waals surface area contributed by atoms with E-state index in [1.54, 1.807) is 0 Å². The maximum atomic E-state index is 11.4. The van der Waals surface area contributed by atoms with Crippen molar-refractivity contribution in [3.05, 3.63) is 0 Å². The summed E-state index contributed by atoms with van der Waals surface area (Å²) in [5.41, 5.74) is 0. The van der Waals surface area contributed by atoms with E-state index in [0.717, 1.165) is 19.3 Å². The highest BCUT2D eigenvalue weighted by molar-refractivity contribution is 5.78. The number of hydrogen-bond acceptors (Lipinski definition) is 3. The Balaban J connectivity index is 2.02.